The summed E-state index contributed by atoms with van der Waals surface area (Å²) < 4.78 is 0. The fourth-order valence-electron chi connectivity index (χ4n) is 1.23. The molecule has 0 unspecified atom stereocenters. The number of aromatic amines is 1. The predicted octanol–water partition coefficient (Wildman–Crippen LogP) is 0.0843. The van der Waals surface area contributed by atoms with Gasteiger partial charge in [0.15, 0.2) is 5.82 Å². The van der Waals surface area contributed by atoms with Gasteiger partial charge in [-0.1, -0.05) is 5.21 Å². The zero-order valence-electron chi connectivity index (χ0n) is 8.64. The van der Waals surface area contributed by atoms with Crippen LogP contribution in [0.4, 0.5) is 5.69 Å². The molecule has 2 aromatic rings. The molecule has 7 nitrogen and oxygen atoms in total. The standard InChI is InChI=1S/C9H10N6O/c1-6-4-7(2-3-10-6)11-9(16)5-8-12-14-15-13-8/h2-4H,5H2,1H3,(H,10,11,16)(H,12,13,14,15). The van der Waals surface area contributed by atoms with Gasteiger partial charge in [0.05, 0.1) is 6.42 Å². The number of nitrogens with zero attached hydrogens (tertiary/aromatic N) is 4. The van der Waals surface area contributed by atoms with Crippen molar-refractivity contribution in [2.45, 2.75) is 13.3 Å². The maximum atomic E-state index is 11.5. The van der Waals surface area contributed by atoms with Gasteiger partial charge >= 0.3 is 0 Å². The number of H-pyrrole nitrogens is 1. The number of tetrazole rings is 1. The van der Waals surface area contributed by atoms with E-state index in [1.54, 1.807) is 18.3 Å². The Bertz CT molecular complexity index is 481. The molecule has 16 heavy (non-hydrogen) atoms. The Morgan fingerprint density at radius 1 is 1.56 bits per heavy atom. The number of carbonyl (C=O) groups is 1. The van der Waals surface area contributed by atoms with Crippen LogP contribution in [-0.2, 0) is 11.2 Å². The third-order valence-electron chi connectivity index (χ3n) is 1.89. The van der Waals surface area contributed by atoms with Crippen molar-refractivity contribution in [3.05, 3.63) is 29.8 Å². The first-order valence-electron chi connectivity index (χ1n) is 4.69. The molecule has 2 rings (SSSR count). The number of nitrogens with one attached hydrogen (secondary N) is 2. The summed E-state index contributed by atoms with van der Waals surface area (Å²) in [6.45, 7) is 1.86. The molecule has 82 valence electrons. The predicted molar refractivity (Wildman–Crippen MR) is 55.5 cm³/mol. The minimum atomic E-state index is -0.188. The van der Waals surface area contributed by atoms with Crippen molar-refractivity contribution in [1.82, 2.24) is 25.6 Å². The maximum Gasteiger partial charge on any atom is 0.232 e. The van der Waals surface area contributed by atoms with Crippen molar-refractivity contribution in [1.29, 1.82) is 0 Å². The summed E-state index contributed by atoms with van der Waals surface area (Å²) in [5.41, 5.74) is 1.55. The molecule has 0 spiro atoms. The highest BCUT2D eigenvalue weighted by Crippen LogP contribution is 2.07. The van der Waals surface area contributed by atoms with Gasteiger partial charge in [0.2, 0.25) is 5.91 Å². The highest BCUT2D eigenvalue weighted by atomic mass is 16.1. The van der Waals surface area contributed by atoms with Gasteiger partial charge < -0.3 is 5.32 Å². The number of rotatable bonds is 3. The molecule has 2 heterocycles. The third kappa shape index (κ3) is 2.59. The van der Waals surface area contributed by atoms with Crippen molar-refractivity contribution in [2.24, 2.45) is 0 Å². The van der Waals surface area contributed by atoms with E-state index in [0.29, 0.717) is 11.5 Å². The van der Waals surface area contributed by atoms with Gasteiger partial charge in [0.25, 0.3) is 0 Å². The minimum Gasteiger partial charge on any atom is -0.326 e. The molecule has 0 fully saturated rings. The molecule has 0 radical (unpaired) electrons. The van der Waals surface area contributed by atoms with E-state index in [4.69, 9.17) is 0 Å². The zero-order valence-corrected chi connectivity index (χ0v) is 8.64. The minimum absolute atomic E-state index is 0.0951. The second-order valence-electron chi connectivity index (χ2n) is 3.24. The van der Waals surface area contributed by atoms with E-state index in [0.717, 1.165) is 5.69 Å². The smallest absolute Gasteiger partial charge is 0.232 e. The average molecular weight is 218 g/mol. The van der Waals surface area contributed by atoms with E-state index in [2.05, 4.69) is 30.9 Å². The number of aryl methyl sites for hydroxylation is 1. The van der Waals surface area contributed by atoms with Crippen molar-refractivity contribution < 1.29 is 4.79 Å². The fraction of sp³-hybridized carbons (Fsp3) is 0.222. The first-order chi connectivity index (χ1) is 7.74. The molecule has 2 aromatic heterocycles. The quantitative estimate of drug-likeness (QED) is 0.760. The summed E-state index contributed by atoms with van der Waals surface area (Å²) in [7, 11) is 0. The number of anilines is 1. The molecule has 0 atom stereocenters. The lowest BCUT2D eigenvalue weighted by Gasteiger charge is -2.03. The number of amides is 1. The Kier molecular flexibility index (Phi) is 2.86. The van der Waals surface area contributed by atoms with E-state index in [-0.39, 0.29) is 12.3 Å². The average Bonchev–Trinajstić information content (AvgIpc) is 2.70. The van der Waals surface area contributed by atoms with Gasteiger partial charge in [-0.05, 0) is 19.1 Å². The second-order valence-corrected chi connectivity index (χ2v) is 3.24. The number of aromatic nitrogens is 5. The monoisotopic (exact) mass is 218 g/mol. The summed E-state index contributed by atoms with van der Waals surface area (Å²) in [6.07, 6.45) is 1.73. The summed E-state index contributed by atoms with van der Waals surface area (Å²) >= 11 is 0. The molecule has 0 saturated heterocycles. The lowest BCUT2D eigenvalue weighted by Crippen LogP contribution is -2.15. The summed E-state index contributed by atoms with van der Waals surface area (Å²) in [5.74, 6) is 0.176. The van der Waals surface area contributed by atoms with Crippen molar-refractivity contribution in [2.75, 3.05) is 5.32 Å². The first-order valence-corrected chi connectivity index (χ1v) is 4.69. The normalized spacial score (nSPS) is 10.1. The van der Waals surface area contributed by atoms with Crippen molar-refractivity contribution in [3.63, 3.8) is 0 Å². The third-order valence-corrected chi connectivity index (χ3v) is 1.89. The van der Waals surface area contributed by atoms with Crippen LogP contribution in [0, 0.1) is 6.92 Å². The van der Waals surface area contributed by atoms with E-state index in [1.807, 2.05) is 6.92 Å². The van der Waals surface area contributed by atoms with Gasteiger partial charge in [0.1, 0.15) is 0 Å². The molecule has 0 aromatic carbocycles. The Morgan fingerprint density at radius 3 is 3.12 bits per heavy atom. The summed E-state index contributed by atoms with van der Waals surface area (Å²) in [5, 5.41) is 15.8. The topological polar surface area (TPSA) is 96.5 Å². The number of carbonyl (C=O) groups excluding carboxylic acids is 1. The van der Waals surface area contributed by atoms with Crippen LogP contribution in [0.1, 0.15) is 11.5 Å². The highest BCUT2D eigenvalue weighted by Gasteiger charge is 2.07. The van der Waals surface area contributed by atoms with Crippen LogP contribution in [-0.4, -0.2) is 31.5 Å². The maximum absolute atomic E-state index is 11.5. The molecular formula is C9H10N6O. The van der Waals surface area contributed by atoms with Crippen LogP contribution in [0.2, 0.25) is 0 Å². The number of hydrogen-bond donors (Lipinski definition) is 2. The Balaban J connectivity index is 1.97. The van der Waals surface area contributed by atoms with Gasteiger partial charge in [-0.15, -0.1) is 10.2 Å². The Labute approximate surface area is 91.3 Å². The van der Waals surface area contributed by atoms with E-state index in [9.17, 15) is 4.79 Å². The number of hydrogen-bond acceptors (Lipinski definition) is 5. The van der Waals surface area contributed by atoms with Crippen LogP contribution < -0.4 is 5.32 Å². The molecule has 0 aliphatic carbocycles. The van der Waals surface area contributed by atoms with Crippen molar-refractivity contribution in [3.8, 4) is 0 Å². The fourth-order valence-corrected chi connectivity index (χ4v) is 1.23. The van der Waals surface area contributed by atoms with Crippen molar-refractivity contribution >= 4 is 11.6 Å². The Morgan fingerprint density at radius 2 is 2.44 bits per heavy atom. The molecule has 0 bridgehead atoms. The van der Waals surface area contributed by atoms with Gasteiger partial charge in [0, 0.05) is 17.6 Å². The van der Waals surface area contributed by atoms with Crippen LogP contribution in [0.3, 0.4) is 0 Å². The summed E-state index contributed by atoms with van der Waals surface area (Å²) in [6, 6.07) is 3.51. The van der Waals surface area contributed by atoms with Gasteiger partial charge in [-0.2, -0.15) is 5.21 Å². The largest absolute Gasteiger partial charge is 0.326 e. The zero-order chi connectivity index (χ0) is 11.4. The first kappa shape index (κ1) is 10.2. The van der Waals surface area contributed by atoms with Crippen LogP contribution in [0.5, 0.6) is 0 Å². The molecule has 2 N–H and O–H groups in total. The lowest BCUT2D eigenvalue weighted by atomic mass is 10.3. The molecule has 7 heteroatoms. The van der Waals surface area contributed by atoms with Crippen LogP contribution in [0.25, 0.3) is 0 Å². The van der Waals surface area contributed by atoms with E-state index < -0.39 is 0 Å². The lowest BCUT2D eigenvalue weighted by molar-refractivity contribution is -0.115. The van der Waals surface area contributed by atoms with Crippen LogP contribution >= 0.6 is 0 Å². The molecule has 1 amide bonds. The Hall–Kier alpha value is -2.31. The van der Waals surface area contributed by atoms with E-state index >= 15 is 0 Å². The highest BCUT2D eigenvalue weighted by molar-refractivity contribution is 5.91. The SMILES string of the molecule is Cc1cc(NC(=O)Cc2nn[nH]n2)ccn1. The molecule has 0 aliphatic heterocycles. The van der Waals surface area contributed by atoms with Gasteiger partial charge in [-0.3, -0.25) is 9.78 Å². The molecular weight excluding hydrogens is 208 g/mol. The molecule has 0 saturated carbocycles. The van der Waals surface area contributed by atoms with Gasteiger partial charge in [-0.25, -0.2) is 0 Å². The second kappa shape index (κ2) is 4.47. The summed E-state index contributed by atoms with van der Waals surface area (Å²) in [4.78, 5) is 15.6. The number of pyridine rings is 1. The van der Waals surface area contributed by atoms with Crippen LogP contribution in [0.15, 0.2) is 18.3 Å². The molecule has 0 aliphatic rings. The van der Waals surface area contributed by atoms with E-state index in [1.165, 1.54) is 0 Å².